The van der Waals surface area contributed by atoms with Crippen LogP contribution >= 0.6 is 0 Å². The predicted molar refractivity (Wildman–Crippen MR) is 71.0 cm³/mol. The number of para-hydroxylation sites is 1. The number of ether oxygens (including phenoxy) is 1. The minimum absolute atomic E-state index is 0.142. The first-order chi connectivity index (χ1) is 9.56. The lowest BCUT2D eigenvalue weighted by molar-refractivity contribution is 0.0728. The van der Waals surface area contributed by atoms with Gasteiger partial charge in [0.25, 0.3) is 0 Å². The van der Waals surface area contributed by atoms with Crippen LogP contribution in [0.15, 0.2) is 48.5 Å². The number of anilines is 1. The predicted octanol–water partition coefficient (Wildman–Crippen LogP) is 2.54. The van der Waals surface area contributed by atoms with Gasteiger partial charge < -0.3 is 15.8 Å². The number of carbonyl (C=O) groups excluding carboxylic acids is 2. The van der Waals surface area contributed by atoms with Gasteiger partial charge in [0.15, 0.2) is 11.6 Å². The molecular formula is C14H11FN2O3. The number of carbonyl (C=O) groups is 2. The Morgan fingerprint density at radius 2 is 1.70 bits per heavy atom. The summed E-state index contributed by atoms with van der Waals surface area (Å²) in [6, 6.07) is 10.8. The lowest BCUT2D eigenvalue weighted by Gasteiger charge is -2.06. The SMILES string of the molecule is NC(=O)Nc1ccc(C(=O)Oc2ccccc2F)cc1. The van der Waals surface area contributed by atoms with Crippen molar-refractivity contribution in [3.05, 3.63) is 59.9 Å². The van der Waals surface area contributed by atoms with Crippen LogP contribution in [0.1, 0.15) is 10.4 Å². The van der Waals surface area contributed by atoms with E-state index < -0.39 is 17.8 Å². The number of urea groups is 1. The number of halogens is 1. The molecule has 0 atom stereocenters. The van der Waals surface area contributed by atoms with E-state index in [2.05, 4.69) is 5.32 Å². The van der Waals surface area contributed by atoms with Gasteiger partial charge >= 0.3 is 12.0 Å². The minimum Gasteiger partial charge on any atom is -0.420 e. The Balaban J connectivity index is 2.10. The highest BCUT2D eigenvalue weighted by Gasteiger charge is 2.11. The van der Waals surface area contributed by atoms with Crippen molar-refractivity contribution >= 4 is 17.7 Å². The fraction of sp³-hybridized carbons (Fsp3) is 0. The second kappa shape index (κ2) is 5.83. The van der Waals surface area contributed by atoms with Gasteiger partial charge in [-0.25, -0.2) is 14.0 Å². The third-order valence-electron chi connectivity index (χ3n) is 2.43. The fourth-order valence-electron chi connectivity index (χ4n) is 1.52. The average molecular weight is 274 g/mol. The molecule has 0 saturated carbocycles. The number of primary amides is 1. The Kier molecular flexibility index (Phi) is 3.95. The van der Waals surface area contributed by atoms with Gasteiger partial charge in [-0.05, 0) is 36.4 Å². The van der Waals surface area contributed by atoms with Crippen LogP contribution in [-0.2, 0) is 0 Å². The molecule has 0 spiro atoms. The van der Waals surface area contributed by atoms with E-state index in [0.717, 1.165) is 0 Å². The second-order valence-corrected chi connectivity index (χ2v) is 3.89. The van der Waals surface area contributed by atoms with E-state index in [0.29, 0.717) is 5.69 Å². The number of benzene rings is 2. The molecule has 0 radical (unpaired) electrons. The maximum absolute atomic E-state index is 13.3. The molecule has 2 rings (SSSR count). The van der Waals surface area contributed by atoms with Gasteiger partial charge in [0.05, 0.1) is 5.56 Å². The van der Waals surface area contributed by atoms with Crippen molar-refractivity contribution in [2.24, 2.45) is 5.73 Å². The normalized spacial score (nSPS) is 9.85. The zero-order valence-electron chi connectivity index (χ0n) is 10.3. The zero-order valence-corrected chi connectivity index (χ0v) is 10.3. The highest BCUT2D eigenvalue weighted by molar-refractivity contribution is 5.92. The quantitative estimate of drug-likeness (QED) is 0.666. The Hall–Kier alpha value is -2.89. The maximum atomic E-state index is 13.3. The van der Waals surface area contributed by atoms with Gasteiger partial charge in [-0.3, -0.25) is 0 Å². The van der Waals surface area contributed by atoms with E-state index in [4.69, 9.17) is 10.5 Å². The molecule has 0 aliphatic carbocycles. The molecule has 3 N–H and O–H groups in total. The van der Waals surface area contributed by atoms with Crippen LogP contribution in [0.2, 0.25) is 0 Å². The van der Waals surface area contributed by atoms with E-state index in [1.807, 2.05) is 0 Å². The number of esters is 1. The van der Waals surface area contributed by atoms with E-state index >= 15 is 0 Å². The van der Waals surface area contributed by atoms with Gasteiger partial charge in [0.1, 0.15) is 0 Å². The molecule has 2 aromatic rings. The first-order valence-electron chi connectivity index (χ1n) is 5.69. The smallest absolute Gasteiger partial charge is 0.343 e. The van der Waals surface area contributed by atoms with Crippen LogP contribution in [-0.4, -0.2) is 12.0 Å². The summed E-state index contributed by atoms with van der Waals surface area (Å²) >= 11 is 0. The van der Waals surface area contributed by atoms with Crippen molar-refractivity contribution in [3.8, 4) is 5.75 Å². The van der Waals surface area contributed by atoms with Gasteiger partial charge in [-0.2, -0.15) is 0 Å². The molecule has 2 aromatic carbocycles. The summed E-state index contributed by atoms with van der Waals surface area (Å²) in [5, 5.41) is 2.36. The minimum atomic E-state index is -0.702. The summed E-state index contributed by atoms with van der Waals surface area (Å²) in [5.74, 6) is -1.45. The number of hydrogen-bond donors (Lipinski definition) is 2. The molecule has 0 unspecified atom stereocenters. The lowest BCUT2D eigenvalue weighted by Crippen LogP contribution is -2.19. The molecule has 102 valence electrons. The largest absolute Gasteiger partial charge is 0.420 e. The van der Waals surface area contributed by atoms with Gasteiger partial charge in [0, 0.05) is 5.69 Å². The number of amides is 2. The standard InChI is InChI=1S/C14H11FN2O3/c15-11-3-1-2-4-12(11)20-13(18)9-5-7-10(8-6-9)17-14(16)19/h1-8H,(H3,16,17,19). The summed E-state index contributed by atoms with van der Waals surface area (Å²) in [5.41, 5.74) is 5.63. The highest BCUT2D eigenvalue weighted by atomic mass is 19.1. The third kappa shape index (κ3) is 3.32. The van der Waals surface area contributed by atoms with E-state index in [-0.39, 0.29) is 11.3 Å². The molecule has 0 aliphatic rings. The monoisotopic (exact) mass is 274 g/mol. The van der Waals surface area contributed by atoms with Crippen LogP contribution in [0.3, 0.4) is 0 Å². The fourth-order valence-corrected chi connectivity index (χ4v) is 1.52. The van der Waals surface area contributed by atoms with Crippen LogP contribution in [0.4, 0.5) is 14.9 Å². The van der Waals surface area contributed by atoms with Gasteiger partial charge in [0.2, 0.25) is 0 Å². The van der Waals surface area contributed by atoms with E-state index in [1.165, 1.54) is 42.5 Å². The molecule has 0 aromatic heterocycles. The first kappa shape index (κ1) is 13.5. The molecule has 20 heavy (non-hydrogen) atoms. The molecule has 0 saturated heterocycles. The molecular weight excluding hydrogens is 263 g/mol. The molecule has 0 aliphatic heterocycles. The molecule has 6 heteroatoms. The molecule has 2 amide bonds. The van der Waals surface area contributed by atoms with E-state index in [1.54, 1.807) is 6.07 Å². The Bertz CT molecular complexity index is 641. The summed E-state index contributed by atoms with van der Waals surface area (Å²) in [4.78, 5) is 22.4. The Morgan fingerprint density at radius 1 is 1.05 bits per heavy atom. The van der Waals surface area contributed by atoms with Crippen LogP contribution in [0, 0.1) is 5.82 Å². The average Bonchev–Trinajstić information content (AvgIpc) is 2.41. The van der Waals surface area contributed by atoms with Gasteiger partial charge in [-0.15, -0.1) is 0 Å². The lowest BCUT2D eigenvalue weighted by atomic mass is 10.2. The van der Waals surface area contributed by atoms with Crippen molar-refractivity contribution in [1.29, 1.82) is 0 Å². The van der Waals surface area contributed by atoms with Crippen molar-refractivity contribution in [1.82, 2.24) is 0 Å². The molecule has 5 nitrogen and oxygen atoms in total. The topological polar surface area (TPSA) is 81.4 Å². The number of hydrogen-bond acceptors (Lipinski definition) is 3. The number of nitrogens with two attached hydrogens (primary N) is 1. The van der Waals surface area contributed by atoms with Crippen LogP contribution in [0.25, 0.3) is 0 Å². The summed E-state index contributed by atoms with van der Waals surface area (Å²) in [6.45, 7) is 0. The van der Waals surface area contributed by atoms with Crippen molar-refractivity contribution in [3.63, 3.8) is 0 Å². The molecule has 0 heterocycles. The molecule has 0 fully saturated rings. The summed E-state index contributed by atoms with van der Waals surface area (Å²) < 4.78 is 18.3. The maximum Gasteiger partial charge on any atom is 0.343 e. The first-order valence-corrected chi connectivity index (χ1v) is 5.69. The Labute approximate surface area is 114 Å². The summed E-state index contributed by atoms with van der Waals surface area (Å²) in [7, 11) is 0. The van der Waals surface area contributed by atoms with Crippen molar-refractivity contribution < 1.29 is 18.7 Å². The Morgan fingerprint density at radius 3 is 2.30 bits per heavy atom. The second-order valence-electron chi connectivity index (χ2n) is 3.89. The molecule has 0 bridgehead atoms. The third-order valence-corrected chi connectivity index (χ3v) is 2.43. The highest BCUT2D eigenvalue weighted by Crippen LogP contribution is 2.18. The number of rotatable bonds is 3. The zero-order chi connectivity index (χ0) is 14.5. The van der Waals surface area contributed by atoms with Crippen LogP contribution < -0.4 is 15.8 Å². The van der Waals surface area contributed by atoms with Gasteiger partial charge in [-0.1, -0.05) is 12.1 Å². The van der Waals surface area contributed by atoms with Crippen LogP contribution in [0.5, 0.6) is 5.75 Å². The number of nitrogens with one attached hydrogen (secondary N) is 1. The van der Waals surface area contributed by atoms with Crippen molar-refractivity contribution in [2.45, 2.75) is 0 Å². The summed E-state index contributed by atoms with van der Waals surface area (Å²) in [6.07, 6.45) is 0. The van der Waals surface area contributed by atoms with Crippen molar-refractivity contribution in [2.75, 3.05) is 5.32 Å². The van der Waals surface area contributed by atoms with E-state index in [9.17, 15) is 14.0 Å².